The zero-order valence-corrected chi connectivity index (χ0v) is 7.80. The second-order valence-corrected chi connectivity index (χ2v) is 2.80. The van der Waals surface area contributed by atoms with Gasteiger partial charge in [-0.05, 0) is 19.9 Å². The number of alkyl halides is 3. The summed E-state index contributed by atoms with van der Waals surface area (Å²) in [4.78, 5) is 0. The first-order valence-electron chi connectivity index (χ1n) is 3.85. The monoisotopic (exact) mass is 207 g/mol. The van der Waals surface area contributed by atoms with Gasteiger partial charge in [-0.3, -0.25) is 0 Å². The second-order valence-electron chi connectivity index (χ2n) is 2.80. The van der Waals surface area contributed by atoms with Crippen LogP contribution >= 0.6 is 0 Å². The number of aromatic nitrogens is 2. The van der Waals surface area contributed by atoms with E-state index in [0.29, 0.717) is 5.69 Å². The predicted octanol–water partition coefficient (Wildman–Crippen LogP) is 2.19. The van der Waals surface area contributed by atoms with Crippen molar-refractivity contribution < 1.29 is 17.9 Å². The molecule has 0 saturated carbocycles. The van der Waals surface area contributed by atoms with E-state index in [1.807, 2.05) is 0 Å². The van der Waals surface area contributed by atoms with Crippen LogP contribution in [0.1, 0.15) is 17.6 Å². The Balaban J connectivity index is 3.05. The lowest BCUT2D eigenvalue weighted by molar-refractivity contribution is -0.141. The van der Waals surface area contributed by atoms with Gasteiger partial charge in [-0.15, -0.1) is 0 Å². The Morgan fingerprint density at radius 1 is 1.57 bits per heavy atom. The van der Waals surface area contributed by atoms with Crippen LogP contribution in [0.25, 0.3) is 0 Å². The van der Waals surface area contributed by atoms with E-state index in [1.165, 1.54) is 14.0 Å². The number of rotatable bonds is 2. The van der Waals surface area contributed by atoms with Crippen LogP contribution < -0.4 is 0 Å². The van der Waals surface area contributed by atoms with E-state index in [2.05, 4.69) is 12.0 Å². The van der Waals surface area contributed by atoms with Crippen LogP contribution in [0.15, 0.2) is 6.07 Å². The fraction of sp³-hybridized carbons (Fsp3) is 0.500. The fourth-order valence-corrected chi connectivity index (χ4v) is 1.02. The molecule has 1 rings (SSSR count). The largest absolute Gasteiger partial charge is 0.435 e. The van der Waals surface area contributed by atoms with Crippen LogP contribution in [-0.4, -0.2) is 16.9 Å². The Labute approximate surface area is 79.5 Å². The van der Waals surface area contributed by atoms with Crippen molar-refractivity contribution in [2.75, 3.05) is 7.11 Å². The number of ether oxygens (including phenoxy) is 1. The summed E-state index contributed by atoms with van der Waals surface area (Å²) in [6, 6.07) is 0.956. The molecule has 0 fully saturated rings. The van der Waals surface area contributed by atoms with Gasteiger partial charge in [0.1, 0.15) is 6.23 Å². The summed E-state index contributed by atoms with van der Waals surface area (Å²) in [5, 5.41) is 3.36. The van der Waals surface area contributed by atoms with E-state index in [-0.39, 0.29) is 0 Å². The molecule has 0 aliphatic heterocycles. The van der Waals surface area contributed by atoms with E-state index in [0.717, 1.165) is 10.7 Å². The quantitative estimate of drug-likeness (QED) is 0.743. The normalized spacial score (nSPS) is 14.4. The van der Waals surface area contributed by atoms with Crippen molar-refractivity contribution in [2.24, 2.45) is 0 Å². The number of hydrogen-bond donors (Lipinski definition) is 0. The summed E-state index contributed by atoms with van der Waals surface area (Å²) in [6.07, 6.45) is -5.17. The van der Waals surface area contributed by atoms with Gasteiger partial charge in [-0.25, -0.2) is 4.68 Å². The van der Waals surface area contributed by atoms with Gasteiger partial charge in [-0.1, -0.05) is 0 Å². The van der Waals surface area contributed by atoms with E-state index in [4.69, 9.17) is 4.74 Å². The Morgan fingerprint density at radius 2 is 2.14 bits per heavy atom. The van der Waals surface area contributed by atoms with Gasteiger partial charge in [0, 0.05) is 12.8 Å². The van der Waals surface area contributed by atoms with Crippen molar-refractivity contribution in [2.45, 2.75) is 19.3 Å². The highest BCUT2D eigenvalue weighted by Gasteiger charge is 2.34. The van der Waals surface area contributed by atoms with E-state index in [9.17, 15) is 13.2 Å². The molecule has 0 amide bonds. The Hall–Kier alpha value is -1.04. The van der Waals surface area contributed by atoms with E-state index in [1.54, 1.807) is 0 Å². The van der Waals surface area contributed by atoms with Crippen molar-refractivity contribution in [1.29, 1.82) is 0 Å². The highest BCUT2D eigenvalue weighted by molar-refractivity contribution is 5.12. The van der Waals surface area contributed by atoms with Crippen LogP contribution in [0, 0.1) is 13.8 Å². The smallest absolute Gasteiger partial charge is 0.360 e. The third-order valence-electron chi connectivity index (χ3n) is 1.76. The molecule has 0 aromatic carbocycles. The standard InChI is InChI=1S/C8H10F3N2O/c1-5-4-7(8(9,10)11)12-13(5)6(2)14-3/h4,6H,2H2,1,3H3. The SMILES string of the molecule is [CH2]C(OC)n1nc(C(F)(F)F)cc1C. The molecule has 0 N–H and O–H groups in total. The van der Waals surface area contributed by atoms with Gasteiger partial charge in [0.05, 0.1) is 0 Å². The average molecular weight is 207 g/mol. The lowest BCUT2D eigenvalue weighted by atomic mass is 10.3. The molecule has 1 heterocycles. The molecule has 1 unspecified atom stereocenters. The van der Waals surface area contributed by atoms with Crippen molar-refractivity contribution in [3.63, 3.8) is 0 Å². The predicted molar refractivity (Wildman–Crippen MR) is 43.4 cm³/mol. The minimum Gasteiger partial charge on any atom is -0.360 e. The number of halogens is 3. The zero-order chi connectivity index (χ0) is 10.9. The van der Waals surface area contributed by atoms with Crippen molar-refractivity contribution in [3.8, 4) is 0 Å². The van der Waals surface area contributed by atoms with Gasteiger partial charge >= 0.3 is 6.18 Å². The van der Waals surface area contributed by atoms with Crippen molar-refractivity contribution >= 4 is 0 Å². The molecular weight excluding hydrogens is 197 g/mol. The molecule has 0 aliphatic rings. The molecule has 1 aromatic heterocycles. The molecule has 0 bridgehead atoms. The van der Waals surface area contributed by atoms with Crippen LogP contribution in [0.2, 0.25) is 0 Å². The maximum atomic E-state index is 12.2. The van der Waals surface area contributed by atoms with Gasteiger partial charge in [0.15, 0.2) is 5.69 Å². The maximum Gasteiger partial charge on any atom is 0.435 e. The first-order valence-corrected chi connectivity index (χ1v) is 3.85. The lowest BCUT2D eigenvalue weighted by Gasteiger charge is -2.11. The third kappa shape index (κ3) is 2.06. The van der Waals surface area contributed by atoms with Crippen molar-refractivity contribution in [3.05, 3.63) is 24.4 Å². The molecule has 79 valence electrons. The van der Waals surface area contributed by atoms with Crippen LogP contribution in [0.4, 0.5) is 13.2 Å². The second kappa shape index (κ2) is 3.61. The molecule has 1 radical (unpaired) electrons. The van der Waals surface area contributed by atoms with Gasteiger partial charge < -0.3 is 4.74 Å². The zero-order valence-electron chi connectivity index (χ0n) is 7.80. The van der Waals surface area contributed by atoms with Crippen molar-refractivity contribution in [1.82, 2.24) is 9.78 Å². The minimum atomic E-state index is -4.43. The molecule has 0 spiro atoms. The van der Waals surface area contributed by atoms with Gasteiger partial charge in [0.2, 0.25) is 0 Å². The number of nitrogens with zero attached hydrogens (tertiary/aromatic N) is 2. The summed E-state index contributed by atoms with van der Waals surface area (Å²) in [5.74, 6) is 0. The highest BCUT2D eigenvalue weighted by atomic mass is 19.4. The Bertz CT molecular complexity index is 319. The van der Waals surface area contributed by atoms with Gasteiger partial charge in [-0.2, -0.15) is 18.3 Å². The molecule has 0 aliphatic carbocycles. The Kier molecular flexibility index (Phi) is 2.84. The molecule has 3 nitrogen and oxygen atoms in total. The summed E-state index contributed by atoms with van der Waals surface area (Å²) >= 11 is 0. The van der Waals surface area contributed by atoms with Gasteiger partial charge in [0.25, 0.3) is 0 Å². The average Bonchev–Trinajstić information content (AvgIpc) is 2.45. The molecule has 0 saturated heterocycles. The first kappa shape index (κ1) is 11.0. The third-order valence-corrected chi connectivity index (χ3v) is 1.76. The maximum absolute atomic E-state index is 12.2. The van der Waals surface area contributed by atoms with E-state index < -0.39 is 18.1 Å². The number of hydrogen-bond acceptors (Lipinski definition) is 2. The topological polar surface area (TPSA) is 27.1 Å². The minimum absolute atomic E-state index is 0.360. The first-order chi connectivity index (χ1) is 6.36. The summed E-state index contributed by atoms with van der Waals surface area (Å²) in [7, 11) is 1.35. The molecule has 6 heteroatoms. The fourth-order valence-electron chi connectivity index (χ4n) is 1.02. The van der Waals surface area contributed by atoms with E-state index >= 15 is 0 Å². The number of aryl methyl sites for hydroxylation is 1. The lowest BCUT2D eigenvalue weighted by Crippen LogP contribution is -2.13. The molecule has 1 aromatic rings. The van der Waals surface area contributed by atoms with Crippen LogP contribution in [-0.2, 0) is 10.9 Å². The Morgan fingerprint density at radius 3 is 2.50 bits per heavy atom. The van der Waals surface area contributed by atoms with Crippen LogP contribution in [0.5, 0.6) is 0 Å². The molecule has 14 heavy (non-hydrogen) atoms. The summed E-state index contributed by atoms with van der Waals surface area (Å²) in [5.41, 5.74) is -0.570. The molecular formula is C8H10F3N2O. The summed E-state index contributed by atoms with van der Waals surface area (Å²) < 4.78 is 42.5. The number of methoxy groups -OCH3 is 1. The molecule has 1 atom stereocenters. The van der Waals surface area contributed by atoms with Crippen LogP contribution in [0.3, 0.4) is 0 Å². The summed E-state index contributed by atoms with van der Waals surface area (Å²) in [6.45, 7) is 5.01. The highest BCUT2D eigenvalue weighted by Crippen LogP contribution is 2.29.